The molecule has 1 aromatic heterocycles. The first kappa shape index (κ1) is 14.6. The Kier molecular flexibility index (Phi) is 4.27. The molecule has 3 rings (SSSR count). The topological polar surface area (TPSA) is 17.8 Å². The summed E-state index contributed by atoms with van der Waals surface area (Å²) in [6, 6.07) is 7.04. The molecule has 0 N–H and O–H groups in total. The molecule has 0 bridgehead atoms. The molecule has 0 amide bonds. The normalized spacial score (nSPS) is 18.4. The molecule has 2 unspecified atom stereocenters. The molecule has 1 saturated carbocycles. The molecule has 0 spiro atoms. The molecule has 2 atom stereocenters. The molecular weight excluding hydrogens is 383 g/mol. The number of alkyl halides is 1. The van der Waals surface area contributed by atoms with Gasteiger partial charge in [-0.05, 0) is 66.5 Å². The van der Waals surface area contributed by atoms with Crippen LogP contribution in [0.4, 0.5) is 0 Å². The average molecular weight is 403 g/mol. The summed E-state index contributed by atoms with van der Waals surface area (Å²) in [6.45, 7) is 4.29. The predicted molar refractivity (Wildman–Crippen MR) is 93.4 cm³/mol. The highest BCUT2D eigenvalue weighted by Gasteiger charge is 2.28. The van der Waals surface area contributed by atoms with Crippen molar-refractivity contribution in [3.63, 3.8) is 0 Å². The third-order valence-corrected chi connectivity index (χ3v) is 5.04. The number of rotatable bonds is 5. The highest BCUT2D eigenvalue weighted by atomic mass is 127. The van der Waals surface area contributed by atoms with Gasteiger partial charge in [0.1, 0.15) is 5.82 Å². The van der Waals surface area contributed by atoms with E-state index in [2.05, 4.69) is 52.3 Å². The minimum Gasteiger partial charge on any atom is -0.324 e. The van der Waals surface area contributed by atoms with E-state index in [0.717, 1.165) is 23.7 Å². The third kappa shape index (κ3) is 2.84. The van der Waals surface area contributed by atoms with Crippen LogP contribution in [0.1, 0.15) is 56.8 Å². The van der Waals surface area contributed by atoms with Crippen molar-refractivity contribution in [2.75, 3.05) is 0 Å². The molecule has 1 heterocycles. The number of benzene rings is 1. The van der Waals surface area contributed by atoms with Crippen LogP contribution in [-0.4, -0.2) is 9.55 Å². The molecule has 0 saturated heterocycles. The van der Waals surface area contributed by atoms with Crippen molar-refractivity contribution in [1.82, 2.24) is 9.55 Å². The van der Waals surface area contributed by atoms with E-state index in [0.29, 0.717) is 6.04 Å². The number of hydrogen-bond acceptors (Lipinski definition) is 1. The Morgan fingerprint density at radius 3 is 2.80 bits per heavy atom. The monoisotopic (exact) mass is 402 g/mol. The fraction of sp³-hybridized carbons (Fsp3) is 0.562. The molecule has 1 aromatic carbocycles. The van der Waals surface area contributed by atoms with Crippen LogP contribution in [0.25, 0.3) is 11.0 Å². The van der Waals surface area contributed by atoms with Gasteiger partial charge in [0.05, 0.1) is 16.4 Å². The lowest BCUT2D eigenvalue weighted by atomic mass is 10.1. The van der Waals surface area contributed by atoms with E-state index in [-0.39, 0.29) is 5.38 Å². The van der Waals surface area contributed by atoms with Gasteiger partial charge >= 0.3 is 0 Å². The van der Waals surface area contributed by atoms with Crippen molar-refractivity contribution in [2.45, 2.75) is 50.9 Å². The largest absolute Gasteiger partial charge is 0.324 e. The van der Waals surface area contributed by atoms with Crippen LogP contribution in [0.2, 0.25) is 0 Å². The molecule has 2 nitrogen and oxygen atoms in total. The van der Waals surface area contributed by atoms with Crippen LogP contribution in [-0.2, 0) is 0 Å². The summed E-state index contributed by atoms with van der Waals surface area (Å²) < 4.78 is 3.63. The number of hydrogen-bond donors (Lipinski definition) is 0. The van der Waals surface area contributed by atoms with Gasteiger partial charge in [-0.25, -0.2) is 4.98 Å². The Morgan fingerprint density at radius 2 is 2.20 bits per heavy atom. The first-order valence-corrected chi connectivity index (χ1v) is 8.93. The predicted octanol–water partition coefficient (Wildman–Crippen LogP) is 5.69. The van der Waals surface area contributed by atoms with Crippen LogP contribution in [0.3, 0.4) is 0 Å². The molecule has 4 heteroatoms. The Morgan fingerprint density at radius 1 is 1.45 bits per heavy atom. The highest BCUT2D eigenvalue weighted by molar-refractivity contribution is 14.1. The summed E-state index contributed by atoms with van der Waals surface area (Å²) in [5, 5.41) is -0.0479. The summed E-state index contributed by atoms with van der Waals surface area (Å²) in [5.74, 6) is 1.94. The minimum absolute atomic E-state index is 0.0479. The molecule has 1 aliphatic rings. The average Bonchev–Trinajstić information content (AvgIpc) is 3.15. The molecule has 20 heavy (non-hydrogen) atoms. The maximum atomic E-state index is 6.39. The van der Waals surface area contributed by atoms with E-state index in [1.165, 1.54) is 28.3 Å². The summed E-state index contributed by atoms with van der Waals surface area (Å²) >= 11 is 8.73. The zero-order valence-corrected chi connectivity index (χ0v) is 14.9. The number of imidazole rings is 1. The van der Waals surface area contributed by atoms with Crippen molar-refractivity contribution in [2.24, 2.45) is 5.92 Å². The van der Waals surface area contributed by atoms with Gasteiger partial charge in [0.15, 0.2) is 0 Å². The van der Waals surface area contributed by atoms with E-state index in [9.17, 15) is 0 Å². The van der Waals surface area contributed by atoms with Gasteiger partial charge in [-0.3, -0.25) is 0 Å². The molecule has 2 aromatic rings. The van der Waals surface area contributed by atoms with Crippen LogP contribution in [0.15, 0.2) is 18.2 Å². The van der Waals surface area contributed by atoms with Crippen LogP contribution < -0.4 is 0 Å². The Balaban J connectivity index is 2.11. The van der Waals surface area contributed by atoms with Gasteiger partial charge < -0.3 is 4.57 Å². The maximum absolute atomic E-state index is 6.39. The van der Waals surface area contributed by atoms with Gasteiger partial charge in [0, 0.05) is 9.61 Å². The van der Waals surface area contributed by atoms with Crippen molar-refractivity contribution < 1.29 is 0 Å². The minimum atomic E-state index is -0.0479. The van der Waals surface area contributed by atoms with Crippen LogP contribution in [0.5, 0.6) is 0 Å². The standard InChI is InChI=1S/C16H20ClIN2/c1-3-13(8-11-4-5-11)20-15-7-6-12(18)9-14(15)19-16(20)10(2)17/h6-7,9-11,13H,3-5,8H2,1-2H3. The zero-order chi connectivity index (χ0) is 14.3. The van der Waals surface area contributed by atoms with E-state index in [1.54, 1.807) is 0 Å². The molecule has 108 valence electrons. The molecule has 1 aliphatic carbocycles. The Bertz CT molecular complexity index is 616. The van der Waals surface area contributed by atoms with Gasteiger partial charge in [0.25, 0.3) is 0 Å². The third-order valence-electron chi connectivity index (χ3n) is 4.17. The number of fused-ring (bicyclic) bond motifs is 1. The smallest absolute Gasteiger partial charge is 0.127 e. The fourth-order valence-corrected chi connectivity index (χ4v) is 3.58. The Hall–Kier alpha value is -0.290. The number of nitrogens with zero attached hydrogens (tertiary/aromatic N) is 2. The second-order valence-electron chi connectivity index (χ2n) is 5.83. The zero-order valence-electron chi connectivity index (χ0n) is 11.9. The fourth-order valence-electron chi connectivity index (χ4n) is 2.95. The number of halogens is 2. The van der Waals surface area contributed by atoms with Gasteiger partial charge in [-0.2, -0.15) is 0 Å². The Labute approximate surface area is 139 Å². The maximum Gasteiger partial charge on any atom is 0.127 e. The quantitative estimate of drug-likeness (QED) is 0.464. The van der Waals surface area contributed by atoms with Crippen molar-refractivity contribution >= 4 is 45.2 Å². The van der Waals surface area contributed by atoms with Gasteiger partial charge in [-0.1, -0.05) is 19.8 Å². The first-order valence-electron chi connectivity index (χ1n) is 7.41. The van der Waals surface area contributed by atoms with E-state index in [1.807, 2.05) is 6.92 Å². The lowest BCUT2D eigenvalue weighted by Crippen LogP contribution is -2.13. The molecular formula is C16H20ClIN2. The summed E-state index contributed by atoms with van der Waals surface area (Å²) in [7, 11) is 0. The van der Waals surface area contributed by atoms with Crippen molar-refractivity contribution in [3.8, 4) is 0 Å². The highest BCUT2D eigenvalue weighted by Crippen LogP contribution is 2.40. The van der Waals surface area contributed by atoms with Crippen molar-refractivity contribution in [3.05, 3.63) is 27.6 Å². The SMILES string of the molecule is CCC(CC1CC1)n1c(C(C)Cl)nc2cc(I)ccc21. The molecule has 0 radical (unpaired) electrons. The molecule has 0 aliphatic heterocycles. The van der Waals surface area contributed by atoms with Crippen LogP contribution in [0, 0.1) is 9.49 Å². The van der Waals surface area contributed by atoms with E-state index < -0.39 is 0 Å². The lowest BCUT2D eigenvalue weighted by Gasteiger charge is -2.21. The molecule has 1 fully saturated rings. The summed E-state index contributed by atoms with van der Waals surface area (Å²) in [5.41, 5.74) is 2.31. The van der Waals surface area contributed by atoms with Gasteiger partial charge in [-0.15, -0.1) is 11.6 Å². The van der Waals surface area contributed by atoms with Crippen LogP contribution >= 0.6 is 34.2 Å². The second kappa shape index (κ2) is 5.84. The second-order valence-corrected chi connectivity index (χ2v) is 7.73. The van der Waals surface area contributed by atoms with Crippen molar-refractivity contribution in [1.29, 1.82) is 0 Å². The summed E-state index contributed by atoms with van der Waals surface area (Å²) in [4.78, 5) is 4.80. The summed E-state index contributed by atoms with van der Waals surface area (Å²) in [6.07, 6.45) is 5.20. The van der Waals surface area contributed by atoms with Gasteiger partial charge in [0.2, 0.25) is 0 Å². The van der Waals surface area contributed by atoms with E-state index >= 15 is 0 Å². The number of aromatic nitrogens is 2. The first-order chi connectivity index (χ1) is 9.60. The van der Waals surface area contributed by atoms with E-state index in [4.69, 9.17) is 16.6 Å². The lowest BCUT2D eigenvalue weighted by molar-refractivity contribution is 0.425.